The van der Waals surface area contributed by atoms with E-state index in [-0.39, 0.29) is 12.8 Å². The summed E-state index contributed by atoms with van der Waals surface area (Å²) in [5, 5.41) is 25.9. The van der Waals surface area contributed by atoms with E-state index < -0.39 is 60.1 Å². The summed E-state index contributed by atoms with van der Waals surface area (Å²) < 4.78 is 0. The number of H-pyrrole nitrogens is 1. The van der Waals surface area contributed by atoms with E-state index in [2.05, 4.69) is 33.6 Å². The molecule has 0 bridgehead atoms. The first-order valence-corrected chi connectivity index (χ1v) is 12.7. The van der Waals surface area contributed by atoms with Gasteiger partial charge in [-0.2, -0.15) is 12.6 Å². The number of aromatic amines is 1. The number of aliphatic hydroxyl groups is 1. The van der Waals surface area contributed by atoms with E-state index >= 15 is 0 Å². The summed E-state index contributed by atoms with van der Waals surface area (Å²) in [6, 6.07) is 12.4. The predicted octanol–water partition coefficient (Wildman–Crippen LogP) is 0.372. The number of para-hydroxylation sites is 1. The molecule has 39 heavy (non-hydrogen) atoms. The molecule has 2 unspecified atom stereocenters. The quantitative estimate of drug-likeness (QED) is 0.111. The number of amides is 3. The number of carbonyl (C=O) groups excluding carboxylic acids is 4. The maximum atomic E-state index is 13.2. The van der Waals surface area contributed by atoms with Gasteiger partial charge < -0.3 is 35.9 Å². The van der Waals surface area contributed by atoms with E-state index in [9.17, 15) is 34.2 Å². The smallest absolute Gasteiger partial charge is 0.305 e. The van der Waals surface area contributed by atoms with Gasteiger partial charge in [-0.1, -0.05) is 48.5 Å². The average Bonchev–Trinajstić information content (AvgIpc) is 3.33. The van der Waals surface area contributed by atoms with Crippen LogP contribution in [0, 0.1) is 0 Å². The summed E-state index contributed by atoms with van der Waals surface area (Å²) in [6.07, 6.45) is 1.52. The first kappa shape index (κ1) is 29.4. The third-order valence-corrected chi connectivity index (χ3v) is 6.42. The van der Waals surface area contributed by atoms with E-state index in [0.717, 1.165) is 16.5 Å². The molecule has 6 N–H and O–H groups in total. The van der Waals surface area contributed by atoms with Crippen LogP contribution in [0.4, 0.5) is 0 Å². The van der Waals surface area contributed by atoms with E-state index in [1.54, 1.807) is 18.3 Å². The molecule has 3 amide bonds. The number of thiol groups is 1. The maximum Gasteiger partial charge on any atom is 0.305 e. The minimum absolute atomic E-state index is 0.0183. The van der Waals surface area contributed by atoms with Gasteiger partial charge in [0.25, 0.3) is 0 Å². The average molecular weight is 555 g/mol. The zero-order valence-electron chi connectivity index (χ0n) is 20.9. The molecule has 0 aliphatic rings. The summed E-state index contributed by atoms with van der Waals surface area (Å²) in [7, 11) is 0. The Morgan fingerprint density at radius 1 is 0.872 bits per heavy atom. The SMILES string of the molecule is O=CC(CO)NC(=O)[C@H](Cc1c[nH]c2ccccc12)NC(=O)C(CC(=O)O)NC(=O)[C@@H](S)Cc1ccccc1. The molecule has 1 aromatic heterocycles. The zero-order chi connectivity index (χ0) is 28.4. The molecule has 2 aromatic carbocycles. The van der Waals surface area contributed by atoms with Gasteiger partial charge in [0.15, 0.2) is 0 Å². The standard InChI is InChI=1S/C27H30N4O7S/c32-14-18(15-33)29-25(36)21(11-17-13-28-20-9-5-4-8-19(17)20)30-26(37)22(12-24(34)35)31-27(38)23(39)10-16-6-2-1-3-7-16/h1-9,13-14,18,21-23,28,33,39H,10-12,15H2,(H,29,36)(H,30,37)(H,31,38)(H,34,35)/t18?,21-,22?,23-/m0/s1. The first-order valence-electron chi connectivity index (χ1n) is 12.2. The van der Waals surface area contributed by atoms with Crippen LogP contribution < -0.4 is 16.0 Å². The van der Waals surface area contributed by atoms with Crippen molar-refractivity contribution in [2.75, 3.05) is 6.61 Å². The molecule has 206 valence electrons. The number of carboxylic acids is 1. The number of aldehydes is 1. The molecular formula is C27H30N4O7S. The molecule has 0 saturated heterocycles. The van der Waals surface area contributed by atoms with Crippen molar-refractivity contribution in [3.05, 3.63) is 71.9 Å². The number of aliphatic carboxylic acids is 1. The number of rotatable bonds is 14. The Morgan fingerprint density at radius 2 is 1.51 bits per heavy atom. The van der Waals surface area contributed by atoms with Gasteiger partial charge in [-0.15, -0.1) is 0 Å². The lowest BCUT2D eigenvalue weighted by Crippen LogP contribution is -2.57. The Kier molecular flexibility index (Phi) is 10.6. The van der Waals surface area contributed by atoms with E-state index in [1.165, 1.54) is 0 Å². The number of hydrogen-bond acceptors (Lipinski definition) is 7. The number of benzene rings is 2. The van der Waals surface area contributed by atoms with Crippen LogP contribution >= 0.6 is 12.6 Å². The van der Waals surface area contributed by atoms with Gasteiger partial charge in [0.05, 0.1) is 18.3 Å². The number of carbonyl (C=O) groups is 5. The summed E-state index contributed by atoms with van der Waals surface area (Å²) >= 11 is 4.31. The lowest BCUT2D eigenvalue weighted by atomic mass is 10.0. The summed E-state index contributed by atoms with van der Waals surface area (Å²) in [5.74, 6) is -3.66. The number of aliphatic hydroxyl groups excluding tert-OH is 1. The fraction of sp³-hybridized carbons (Fsp3) is 0.296. The van der Waals surface area contributed by atoms with Gasteiger partial charge >= 0.3 is 5.97 Å². The molecule has 4 atom stereocenters. The normalized spacial score (nSPS) is 14.0. The minimum Gasteiger partial charge on any atom is -0.481 e. The molecule has 1 heterocycles. The second-order valence-corrected chi connectivity index (χ2v) is 9.55. The Balaban J connectivity index is 1.78. The molecule has 3 rings (SSSR count). The highest BCUT2D eigenvalue weighted by Gasteiger charge is 2.31. The van der Waals surface area contributed by atoms with E-state index in [4.69, 9.17) is 0 Å². The number of nitrogens with one attached hydrogen (secondary N) is 4. The number of aromatic nitrogens is 1. The summed E-state index contributed by atoms with van der Waals surface area (Å²) in [4.78, 5) is 64.8. The highest BCUT2D eigenvalue weighted by Crippen LogP contribution is 2.19. The van der Waals surface area contributed by atoms with E-state index in [1.807, 2.05) is 42.5 Å². The van der Waals surface area contributed by atoms with Crippen molar-refractivity contribution in [2.45, 2.75) is 42.6 Å². The van der Waals surface area contributed by atoms with Gasteiger partial charge in [0.2, 0.25) is 17.7 Å². The van der Waals surface area contributed by atoms with Crippen molar-refractivity contribution in [3.63, 3.8) is 0 Å². The van der Waals surface area contributed by atoms with Crippen molar-refractivity contribution >= 4 is 53.5 Å². The third kappa shape index (κ3) is 8.42. The fourth-order valence-corrected chi connectivity index (χ4v) is 4.28. The minimum atomic E-state index is -1.50. The molecule has 12 heteroatoms. The van der Waals surface area contributed by atoms with Crippen LogP contribution in [0.5, 0.6) is 0 Å². The highest BCUT2D eigenvalue weighted by molar-refractivity contribution is 7.81. The second-order valence-electron chi connectivity index (χ2n) is 8.92. The predicted molar refractivity (Wildman–Crippen MR) is 146 cm³/mol. The lowest BCUT2D eigenvalue weighted by Gasteiger charge is -2.24. The van der Waals surface area contributed by atoms with Crippen molar-refractivity contribution in [3.8, 4) is 0 Å². The monoisotopic (exact) mass is 554 g/mol. The van der Waals surface area contributed by atoms with Gasteiger partial charge in [-0.05, 0) is 23.6 Å². The number of hydrogen-bond donors (Lipinski definition) is 7. The maximum absolute atomic E-state index is 13.2. The molecule has 0 spiro atoms. The Labute approximate surface area is 229 Å². The molecular weight excluding hydrogens is 524 g/mol. The van der Waals surface area contributed by atoms with Crippen molar-refractivity contribution in [1.82, 2.24) is 20.9 Å². The van der Waals surface area contributed by atoms with Gasteiger partial charge in [-0.3, -0.25) is 19.2 Å². The summed E-state index contributed by atoms with van der Waals surface area (Å²) in [5.41, 5.74) is 2.30. The molecule has 0 saturated carbocycles. The number of carboxylic acid groups (broad SMARTS) is 1. The van der Waals surface area contributed by atoms with Crippen LogP contribution in [0.1, 0.15) is 17.5 Å². The largest absolute Gasteiger partial charge is 0.481 e. The van der Waals surface area contributed by atoms with Gasteiger partial charge in [0.1, 0.15) is 24.4 Å². The van der Waals surface area contributed by atoms with Crippen LogP contribution in [0.2, 0.25) is 0 Å². The van der Waals surface area contributed by atoms with Crippen molar-refractivity contribution < 1.29 is 34.2 Å². The third-order valence-electron chi connectivity index (χ3n) is 6.01. The Bertz CT molecular complexity index is 1310. The molecule has 0 aliphatic heterocycles. The van der Waals surface area contributed by atoms with Crippen molar-refractivity contribution in [1.29, 1.82) is 0 Å². The van der Waals surface area contributed by atoms with E-state index in [0.29, 0.717) is 11.8 Å². The molecule has 11 nitrogen and oxygen atoms in total. The first-order chi connectivity index (χ1) is 18.7. The van der Waals surface area contributed by atoms with Crippen LogP contribution in [0.3, 0.4) is 0 Å². The fourth-order valence-electron chi connectivity index (χ4n) is 3.99. The highest BCUT2D eigenvalue weighted by atomic mass is 32.1. The van der Waals surface area contributed by atoms with Crippen LogP contribution in [-0.2, 0) is 36.8 Å². The Hall–Kier alpha value is -4.16. The number of fused-ring (bicyclic) bond motifs is 1. The molecule has 0 fully saturated rings. The molecule has 0 radical (unpaired) electrons. The second kappa shape index (κ2) is 14.1. The summed E-state index contributed by atoms with van der Waals surface area (Å²) in [6.45, 7) is -0.647. The molecule has 3 aromatic rings. The van der Waals surface area contributed by atoms with Crippen LogP contribution in [-0.4, -0.2) is 75.2 Å². The van der Waals surface area contributed by atoms with Crippen LogP contribution in [0.15, 0.2) is 60.8 Å². The van der Waals surface area contributed by atoms with Crippen LogP contribution in [0.25, 0.3) is 10.9 Å². The van der Waals surface area contributed by atoms with Gasteiger partial charge in [0, 0.05) is 23.5 Å². The van der Waals surface area contributed by atoms with Gasteiger partial charge in [-0.25, -0.2) is 0 Å². The lowest BCUT2D eigenvalue weighted by molar-refractivity contribution is -0.141. The molecule has 0 aliphatic carbocycles. The topological polar surface area (TPSA) is 178 Å². The van der Waals surface area contributed by atoms with Crippen molar-refractivity contribution in [2.24, 2.45) is 0 Å². The Morgan fingerprint density at radius 3 is 2.18 bits per heavy atom. The zero-order valence-corrected chi connectivity index (χ0v) is 21.8.